The third kappa shape index (κ3) is 4.05. The third-order valence-corrected chi connectivity index (χ3v) is 3.22. The number of nitrogens with one attached hydrogen (secondary N) is 1. The van der Waals surface area contributed by atoms with Crippen molar-refractivity contribution in [3.05, 3.63) is 35.4 Å². The van der Waals surface area contributed by atoms with Crippen LogP contribution in [0.5, 0.6) is 0 Å². The van der Waals surface area contributed by atoms with Gasteiger partial charge in [0.1, 0.15) is 0 Å². The second kappa shape index (κ2) is 6.88. The van der Waals surface area contributed by atoms with Crippen LogP contribution < -0.4 is 16.0 Å². The van der Waals surface area contributed by atoms with Crippen molar-refractivity contribution in [3.8, 4) is 0 Å². The lowest BCUT2D eigenvalue weighted by molar-refractivity contribution is 0.814. The monoisotopic (exact) mass is 286 g/mol. The second-order valence-corrected chi connectivity index (χ2v) is 4.83. The first kappa shape index (κ1) is 15.0. The number of nitrogens with zero attached hydrogens (tertiary/aromatic N) is 4. The first-order valence-electron chi connectivity index (χ1n) is 7.18. The van der Waals surface area contributed by atoms with Gasteiger partial charge in [-0.1, -0.05) is 29.8 Å². The van der Waals surface area contributed by atoms with Crippen LogP contribution in [0.1, 0.15) is 25.0 Å². The molecule has 2 rings (SSSR count). The fraction of sp³-hybridized carbons (Fsp3) is 0.400. The maximum absolute atomic E-state index is 5.77. The fourth-order valence-corrected chi connectivity index (χ4v) is 2.11. The second-order valence-electron chi connectivity index (χ2n) is 4.83. The van der Waals surface area contributed by atoms with Gasteiger partial charge in [0, 0.05) is 19.6 Å². The normalized spacial score (nSPS) is 10.4. The Morgan fingerprint density at radius 1 is 1.14 bits per heavy atom. The maximum atomic E-state index is 5.77. The van der Waals surface area contributed by atoms with Crippen molar-refractivity contribution < 1.29 is 0 Å². The molecule has 0 amide bonds. The Morgan fingerprint density at radius 2 is 1.90 bits per heavy atom. The molecule has 0 saturated carbocycles. The van der Waals surface area contributed by atoms with Gasteiger partial charge in [0.2, 0.25) is 17.8 Å². The van der Waals surface area contributed by atoms with Crippen molar-refractivity contribution in [3.63, 3.8) is 0 Å². The number of nitrogen functional groups attached to an aromatic ring is 1. The molecule has 6 nitrogen and oxygen atoms in total. The highest BCUT2D eigenvalue weighted by molar-refractivity contribution is 5.42. The van der Waals surface area contributed by atoms with Gasteiger partial charge < -0.3 is 16.0 Å². The molecule has 0 fully saturated rings. The molecule has 0 aliphatic rings. The van der Waals surface area contributed by atoms with Crippen molar-refractivity contribution in [2.24, 2.45) is 0 Å². The van der Waals surface area contributed by atoms with Gasteiger partial charge in [-0.3, -0.25) is 0 Å². The first-order chi connectivity index (χ1) is 10.1. The molecule has 0 radical (unpaired) electrons. The minimum Gasteiger partial charge on any atom is -0.368 e. The molecule has 0 unspecified atom stereocenters. The molecule has 1 heterocycles. The highest BCUT2D eigenvalue weighted by atomic mass is 15.3. The van der Waals surface area contributed by atoms with Crippen molar-refractivity contribution in [2.45, 2.75) is 27.3 Å². The summed E-state index contributed by atoms with van der Waals surface area (Å²) in [4.78, 5) is 14.8. The molecule has 112 valence electrons. The van der Waals surface area contributed by atoms with E-state index in [1.54, 1.807) is 0 Å². The van der Waals surface area contributed by atoms with E-state index in [-0.39, 0.29) is 5.95 Å². The highest BCUT2D eigenvalue weighted by Gasteiger charge is 2.09. The number of aromatic nitrogens is 3. The van der Waals surface area contributed by atoms with Crippen LogP contribution in [-0.4, -0.2) is 28.0 Å². The van der Waals surface area contributed by atoms with Gasteiger partial charge in [0.15, 0.2) is 0 Å². The number of aryl methyl sites for hydroxylation is 1. The van der Waals surface area contributed by atoms with Crippen molar-refractivity contribution >= 4 is 17.8 Å². The van der Waals surface area contributed by atoms with Gasteiger partial charge in [-0.2, -0.15) is 15.0 Å². The van der Waals surface area contributed by atoms with Gasteiger partial charge >= 0.3 is 0 Å². The van der Waals surface area contributed by atoms with Gasteiger partial charge in [0.05, 0.1) is 0 Å². The first-order valence-corrected chi connectivity index (χ1v) is 7.18. The zero-order valence-electron chi connectivity index (χ0n) is 12.8. The minimum absolute atomic E-state index is 0.235. The van der Waals surface area contributed by atoms with Gasteiger partial charge in [-0.15, -0.1) is 0 Å². The fourth-order valence-electron chi connectivity index (χ4n) is 2.11. The summed E-state index contributed by atoms with van der Waals surface area (Å²) >= 11 is 0. The number of anilines is 3. The Labute approximate surface area is 125 Å². The Hall–Kier alpha value is -2.37. The zero-order chi connectivity index (χ0) is 15.2. The quantitative estimate of drug-likeness (QED) is 0.847. The summed E-state index contributed by atoms with van der Waals surface area (Å²) in [7, 11) is 0. The lowest BCUT2D eigenvalue weighted by Crippen LogP contribution is -2.25. The van der Waals surface area contributed by atoms with E-state index in [0.29, 0.717) is 18.4 Å². The summed E-state index contributed by atoms with van der Waals surface area (Å²) in [5, 5.41) is 3.20. The SMILES string of the molecule is CCN(CC)c1nc(N)nc(NCc2cccc(C)c2)n1. The van der Waals surface area contributed by atoms with Gasteiger partial charge in [-0.25, -0.2) is 0 Å². The highest BCUT2D eigenvalue weighted by Crippen LogP contribution is 2.13. The van der Waals surface area contributed by atoms with Crippen LogP contribution in [-0.2, 0) is 6.54 Å². The summed E-state index contributed by atoms with van der Waals surface area (Å²) in [5.74, 6) is 1.35. The van der Waals surface area contributed by atoms with E-state index in [4.69, 9.17) is 5.73 Å². The summed E-state index contributed by atoms with van der Waals surface area (Å²) in [5.41, 5.74) is 8.18. The molecule has 0 spiro atoms. The molecule has 1 aromatic carbocycles. The summed E-state index contributed by atoms with van der Waals surface area (Å²) in [6.45, 7) is 8.51. The lowest BCUT2D eigenvalue weighted by Gasteiger charge is -2.19. The van der Waals surface area contributed by atoms with E-state index in [1.807, 2.05) is 11.0 Å². The Morgan fingerprint density at radius 3 is 2.57 bits per heavy atom. The zero-order valence-corrected chi connectivity index (χ0v) is 12.8. The summed E-state index contributed by atoms with van der Waals surface area (Å²) < 4.78 is 0. The van der Waals surface area contributed by atoms with E-state index in [1.165, 1.54) is 11.1 Å². The summed E-state index contributed by atoms with van der Waals surface area (Å²) in [6, 6.07) is 8.30. The van der Waals surface area contributed by atoms with E-state index >= 15 is 0 Å². The van der Waals surface area contributed by atoms with Crippen LogP contribution in [0, 0.1) is 6.92 Å². The molecular formula is C15H22N6. The Kier molecular flexibility index (Phi) is 4.92. The Balaban J connectivity index is 2.13. The summed E-state index contributed by atoms with van der Waals surface area (Å²) in [6.07, 6.45) is 0. The van der Waals surface area contributed by atoms with Crippen molar-refractivity contribution in [2.75, 3.05) is 29.0 Å². The van der Waals surface area contributed by atoms with E-state index in [2.05, 4.69) is 59.2 Å². The third-order valence-electron chi connectivity index (χ3n) is 3.22. The van der Waals surface area contributed by atoms with Crippen molar-refractivity contribution in [1.82, 2.24) is 15.0 Å². The molecule has 0 saturated heterocycles. The predicted molar refractivity (Wildman–Crippen MR) is 86.3 cm³/mol. The average molecular weight is 286 g/mol. The topological polar surface area (TPSA) is 80.0 Å². The van der Waals surface area contributed by atoms with Gasteiger partial charge in [0.25, 0.3) is 0 Å². The number of rotatable bonds is 6. The Bertz CT molecular complexity index is 594. The number of hydrogen-bond acceptors (Lipinski definition) is 6. The largest absolute Gasteiger partial charge is 0.368 e. The van der Waals surface area contributed by atoms with Crippen LogP contribution in [0.4, 0.5) is 17.8 Å². The molecule has 6 heteroatoms. The number of benzene rings is 1. The molecule has 0 atom stereocenters. The van der Waals surface area contributed by atoms with Crippen LogP contribution in [0.3, 0.4) is 0 Å². The van der Waals surface area contributed by atoms with Crippen LogP contribution >= 0.6 is 0 Å². The maximum Gasteiger partial charge on any atom is 0.231 e. The minimum atomic E-state index is 0.235. The average Bonchev–Trinajstić information content (AvgIpc) is 2.46. The number of hydrogen-bond donors (Lipinski definition) is 2. The van der Waals surface area contributed by atoms with E-state index < -0.39 is 0 Å². The van der Waals surface area contributed by atoms with Gasteiger partial charge in [-0.05, 0) is 26.3 Å². The molecule has 1 aromatic heterocycles. The lowest BCUT2D eigenvalue weighted by atomic mass is 10.1. The molecule has 0 aliphatic carbocycles. The van der Waals surface area contributed by atoms with Crippen LogP contribution in [0.25, 0.3) is 0 Å². The molecule has 3 N–H and O–H groups in total. The van der Waals surface area contributed by atoms with Crippen molar-refractivity contribution in [1.29, 1.82) is 0 Å². The van der Waals surface area contributed by atoms with E-state index in [0.717, 1.165) is 13.1 Å². The smallest absolute Gasteiger partial charge is 0.231 e. The van der Waals surface area contributed by atoms with Crippen LogP contribution in [0.15, 0.2) is 24.3 Å². The van der Waals surface area contributed by atoms with Crippen LogP contribution in [0.2, 0.25) is 0 Å². The van der Waals surface area contributed by atoms with E-state index in [9.17, 15) is 0 Å². The predicted octanol–water partition coefficient (Wildman–Crippen LogP) is 2.22. The molecule has 21 heavy (non-hydrogen) atoms. The molecule has 0 aliphatic heterocycles. The standard InChI is InChI=1S/C15H22N6/c1-4-21(5-2)15-19-13(16)18-14(20-15)17-10-12-8-6-7-11(3)9-12/h6-9H,4-5,10H2,1-3H3,(H3,16,17,18,19,20). The number of nitrogens with two attached hydrogens (primary N) is 1. The molecule has 0 bridgehead atoms. The molecular weight excluding hydrogens is 264 g/mol. The molecule has 2 aromatic rings.